The van der Waals surface area contributed by atoms with Gasteiger partial charge in [-0.05, 0) is 12.1 Å². The first-order valence-corrected chi connectivity index (χ1v) is 7.08. The number of carbonyl (C=O) groups is 1. The number of sulfonamides is 1. The zero-order valence-corrected chi connectivity index (χ0v) is 10.9. The highest BCUT2D eigenvalue weighted by Crippen LogP contribution is 2.29. The Morgan fingerprint density at radius 2 is 1.75 bits per heavy atom. The average Bonchev–Trinajstić information content (AvgIpc) is 2.32. The summed E-state index contributed by atoms with van der Waals surface area (Å²) in [4.78, 5) is 11.7. The van der Waals surface area contributed by atoms with Crippen LogP contribution in [0.4, 0.5) is 13.2 Å². The number of hydrogen-bond donors (Lipinski definition) is 1. The first kappa shape index (κ1) is 14.8. The van der Waals surface area contributed by atoms with Gasteiger partial charge in [0.2, 0.25) is 0 Å². The fourth-order valence-corrected chi connectivity index (χ4v) is 2.78. The average molecular weight is 308 g/mol. The minimum absolute atomic E-state index is 0.295. The molecular formula is C11H11F3N2O3S. The van der Waals surface area contributed by atoms with E-state index >= 15 is 0 Å². The maximum Gasteiger partial charge on any atom is 0.511 e. The lowest BCUT2D eigenvalue weighted by Gasteiger charge is -2.38. The smallest absolute Gasteiger partial charge is 0.347 e. The minimum atomic E-state index is -5.30. The van der Waals surface area contributed by atoms with Crippen molar-refractivity contribution in [3.8, 4) is 0 Å². The first-order chi connectivity index (χ1) is 9.22. The molecule has 0 saturated carbocycles. The number of halogens is 3. The standard InChI is InChI=1S/C11H11F3N2O3S/c12-11(13,14)20(18,19)16-6-9(7-16)15-10(17)8-4-2-1-3-5-8/h1-5,9H,6-7H2,(H,15,17). The second kappa shape index (κ2) is 5.06. The van der Waals surface area contributed by atoms with Gasteiger partial charge in [-0.25, -0.2) is 8.42 Å². The third kappa shape index (κ3) is 2.78. The lowest BCUT2D eigenvalue weighted by Crippen LogP contribution is -2.62. The maximum atomic E-state index is 12.2. The highest BCUT2D eigenvalue weighted by molar-refractivity contribution is 7.90. The second-order valence-electron chi connectivity index (χ2n) is 4.30. The van der Waals surface area contributed by atoms with E-state index < -0.39 is 27.5 Å². The summed E-state index contributed by atoms with van der Waals surface area (Å²) < 4.78 is 59.1. The van der Waals surface area contributed by atoms with Crippen LogP contribution in [-0.4, -0.2) is 43.3 Å². The number of alkyl halides is 3. The third-order valence-electron chi connectivity index (χ3n) is 2.85. The fourth-order valence-electron chi connectivity index (χ4n) is 1.73. The van der Waals surface area contributed by atoms with Crippen LogP contribution >= 0.6 is 0 Å². The molecule has 1 fully saturated rings. The van der Waals surface area contributed by atoms with Crippen molar-refractivity contribution in [2.24, 2.45) is 0 Å². The molecule has 9 heteroatoms. The molecule has 0 spiro atoms. The van der Waals surface area contributed by atoms with Gasteiger partial charge in [-0.1, -0.05) is 18.2 Å². The van der Waals surface area contributed by atoms with Crippen LogP contribution in [0, 0.1) is 0 Å². The molecule has 1 aromatic carbocycles. The quantitative estimate of drug-likeness (QED) is 0.904. The van der Waals surface area contributed by atoms with E-state index in [1.165, 1.54) is 0 Å². The molecule has 1 saturated heterocycles. The van der Waals surface area contributed by atoms with Gasteiger partial charge >= 0.3 is 15.5 Å². The van der Waals surface area contributed by atoms with Crippen LogP contribution in [0.5, 0.6) is 0 Å². The van der Waals surface area contributed by atoms with Gasteiger partial charge < -0.3 is 5.32 Å². The Morgan fingerprint density at radius 1 is 1.20 bits per heavy atom. The highest BCUT2D eigenvalue weighted by atomic mass is 32.2. The zero-order chi connectivity index (χ0) is 15.0. The van der Waals surface area contributed by atoms with E-state index in [1.54, 1.807) is 30.3 Å². The van der Waals surface area contributed by atoms with Crippen LogP contribution in [0.1, 0.15) is 10.4 Å². The predicted octanol–water partition coefficient (Wildman–Crippen LogP) is 0.950. The molecule has 110 valence electrons. The van der Waals surface area contributed by atoms with E-state index in [9.17, 15) is 26.4 Å². The van der Waals surface area contributed by atoms with Gasteiger partial charge in [0, 0.05) is 18.7 Å². The largest absolute Gasteiger partial charge is 0.511 e. The van der Waals surface area contributed by atoms with Crippen molar-refractivity contribution in [3.63, 3.8) is 0 Å². The van der Waals surface area contributed by atoms with Crippen LogP contribution < -0.4 is 5.32 Å². The number of hydrogen-bond acceptors (Lipinski definition) is 3. The molecule has 0 bridgehead atoms. The van der Waals surface area contributed by atoms with Crippen LogP contribution in [0.2, 0.25) is 0 Å². The second-order valence-corrected chi connectivity index (χ2v) is 6.23. The molecule has 5 nitrogen and oxygen atoms in total. The topological polar surface area (TPSA) is 66.5 Å². The molecule has 0 aliphatic carbocycles. The molecule has 2 rings (SSSR count). The Hall–Kier alpha value is -1.61. The van der Waals surface area contributed by atoms with Crippen molar-refractivity contribution < 1.29 is 26.4 Å². The van der Waals surface area contributed by atoms with Crippen LogP contribution in [0.3, 0.4) is 0 Å². The molecule has 1 heterocycles. The van der Waals surface area contributed by atoms with Gasteiger partial charge in [0.15, 0.2) is 0 Å². The number of nitrogens with zero attached hydrogens (tertiary/aromatic N) is 1. The van der Waals surface area contributed by atoms with Crippen molar-refractivity contribution in [2.45, 2.75) is 11.6 Å². The molecular weight excluding hydrogens is 297 g/mol. The lowest BCUT2D eigenvalue weighted by atomic mass is 10.1. The lowest BCUT2D eigenvalue weighted by molar-refractivity contribution is -0.0512. The molecule has 0 atom stereocenters. The number of benzene rings is 1. The molecule has 0 unspecified atom stereocenters. The van der Waals surface area contributed by atoms with Crippen molar-refractivity contribution in [1.82, 2.24) is 9.62 Å². The molecule has 1 N–H and O–H groups in total. The van der Waals surface area contributed by atoms with Crippen LogP contribution in [0.25, 0.3) is 0 Å². The van der Waals surface area contributed by atoms with Crippen LogP contribution in [0.15, 0.2) is 30.3 Å². The van der Waals surface area contributed by atoms with Crippen molar-refractivity contribution in [2.75, 3.05) is 13.1 Å². The molecule has 20 heavy (non-hydrogen) atoms. The summed E-state index contributed by atoms with van der Waals surface area (Å²) in [5.41, 5.74) is -4.94. The summed E-state index contributed by atoms with van der Waals surface area (Å²) in [5, 5.41) is 2.47. The van der Waals surface area contributed by atoms with Gasteiger partial charge in [0.1, 0.15) is 0 Å². The van der Waals surface area contributed by atoms with Gasteiger partial charge in [0.25, 0.3) is 5.91 Å². The Kier molecular flexibility index (Phi) is 3.74. The van der Waals surface area contributed by atoms with Gasteiger partial charge in [-0.15, -0.1) is 0 Å². The Balaban J connectivity index is 1.91. The van der Waals surface area contributed by atoms with E-state index in [1.807, 2.05) is 0 Å². The van der Waals surface area contributed by atoms with Crippen molar-refractivity contribution in [3.05, 3.63) is 35.9 Å². The van der Waals surface area contributed by atoms with Gasteiger partial charge in [-0.2, -0.15) is 17.5 Å². The molecule has 1 aliphatic heterocycles. The maximum absolute atomic E-state index is 12.2. The summed E-state index contributed by atoms with van der Waals surface area (Å²) in [6.07, 6.45) is 0. The SMILES string of the molecule is O=C(NC1CN(S(=O)(=O)C(F)(F)F)C1)c1ccccc1. The summed E-state index contributed by atoms with van der Waals surface area (Å²) in [5.74, 6) is -0.445. The Labute approximate surface area is 113 Å². The summed E-state index contributed by atoms with van der Waals surface area (Å²) in [7, 11) is -5.29. The first-order valence-electron chi connectivity index (χ1n) is 5.64. The van der Waals surface area contributed by atoms with Gasteiger partial charge in [-0.3, -0.25) is 4.79 Å². The summed E-state index contributed by atoms with van der Waals surface area (Å²) in [6.45, 7) is -0.749. The number of carbonyl (C=O) groups excluding carboxylic acids is 1. The fraction of sp³-hybridized carbons (Fsp3) is 0.364. The van der Waals surface area contributed by atoms with Crippen molar-refractivity contribution in [1.29, 1.82) is 0 Å². The Morgan fingerprint density at radius 3 is 2.25 bits per heavy atom. The third-order valence-corrected chi connectivity index (χ3v) is 4.41. The molecule has 0 aromatic heterocycles. The van der Waals surface area contributed by atoms with Gasteiger partial charge in [0.05, 0.1) is 6.04 Å². The molecule has 1 amide bonds. The van der Waals surface area contributed by atoms with Crippen LogP contribution in [-0.2, 0) is 10.0 Å². The van der Waals surface area contributed by atoms with E-state index in [2.05, 4.69) is 5.32 Å². The number of amides is 1. The number of nitrogens with one attached hydrogen (secondary N) is 1. The van der Waals surface area contributed by atoms with E-state index in [0.717, 1.165) is 0 Å². The van der Waals surface area contributed by atoms with Crippen molar-refractivity contribution >= 4 is 15.9 Å². The minimum Gasteiger partial charge on any atom is -0.347 e. The zero-order valence-electron chi connectivity index (χ0n) is 10.1. The molecule has 1 aromatic rings. The normalized spacial score (nSPS) is 17.6. The number of rotatable bonds is 3. The Bertz CT molecular complexity index is 595. The van der Waals surface area contributed by atoms with E-state index in [-0.39, 0.29) is 13.1 Å². The van der Waals surface area contributed by atoms with E-state index in [4.69, 9.17) is 0 Å². The summed E-state index contributed by atoms with van der Waals surface area (Å²) >= 11 is 0. The van der Waals surface area contributed by atoms with E-state index in [0.29, 0.717) is 9.87 Å². The highest BCUT2D eigenvalue weighted by Gasteiger charge is 2.53. The summed E-state index contributed by atoms with van der Waals surface area (Å²) in [6, 6.07) is 7.51. The molecule has 0 radical (unpaired) electrons. The molecule has 1 aliphatic rings. The predicted molar refractivity (Wildman–Crippen MR) is 64.2 cm³/mol. The monoisotopic (exact) mass is 308 g/mol.